The molecule has 3 aliphatic heterocycles. The number of hydrogen-bond acceptors (Lipinski definition) is 5. The number of ether oxygens (including phenoxy) is 1. The zero-order valence-corrected chi connectivity index (χ0v) is 17.8. The van der Waals surface area contributed by atoms with Crippen molar-refractivity contribution in [1.29, 1.82) is 0 Å². The topological polar surface area (TPSA) is 75.7 Å². The van der Waals surface area contributed by atoms with Gasteiger partial charge in [-0.25, -0.2) is 12.8 Å². The maximum absolute atomic E-state index is 13.8. The number of aryl methyl sites for hydroxylation is 1. The summed E-state index contributed by atoms with van der Waals surface area (Å²) in [7, 11) is -2.85. The van der Waals surface area contributed by atoms with Crippen molar-refractivity contribution >= 4 is 32.8 Å². The number of halogens is 1. The summed E-state index contributed by atoms with van der Waals surface area (Å²) in [6.45, 7) is 2.48. The Morgan fingerprint density at radius 3 is 2.68 bits per heavy atom. The summed E-state index contributed by atoms with van der Waals surface area (Å²) < 4.78 is 42.7. The number of nitrogens with one attached hydrogen (secondary N) is 1. The molecule has 5 rings (SSSR count). The summed E-state index contributed by atoms with van der Waals surface area (Å²) in [6.07, 6.45) is 1.83. The van der Waals surface area contributed by atoms with Crippen molar-refractivity contribution in [2.24, 2.45) is 0 Å². The Morgan fingerprint density at radius 1 is 1.06 bits per heavy atom. The third-order valence-electron chi connectivity index (χ3n) is 6.12. The molecule has 8 heteroatoms. The number of carbonyl (C=O) groups excluding carboxylic acids is 1. The molecule has 3 aliphatic rings. The normalized spacial score (nSPS) is 22.0. The molecule has 31 heavy (non-hydrogen) atoms. The molecular formula is C23H23FN2O4S. The van der Waals surface area contributed by atoms with E-state index in [0.29, 0.717) is 42.3 Å². The number of carbonyl (C=O) groups is 1. The molecule has 1 N–H and O–H groups in total. The highest BCUT2D eigenvalue weighted by atomic mass is 32.2. The zero-order chi connectivity index (χ0) is 21.6. The van der Waals surface area contributed by atoms with Gasteiger partial charge in [-0.1, -0.05) is 18.2 Å². The lowest BCUT2D eigenvalue weighted by Crippen LogP contribution is -2.40. The maximum Gasteiger partial charge on any atom is 0.260 e. The van der Waals surface area contributed by atoms with Gasteiger partial charge in [-0.3, -0.25) is 4.79 Å². The van der Waals surface area contributed by atoms with Crippen molar-refractivity contribution in [2.45, 2.75) is 19.4 Å². The molecule has 162 valence electrons. The fraction of sp³-hybridized carbons (Fsp3) is 0.348. The van der Waals surface area contributed by atoms with Crippen LogP contribution in [0, 0.1) is 5.82 Å². The van der Waals surface area contributed by atoms with Gasteiger partial charge in [0.1, 0.15) is 18.2 Å². The van der Waals surface area contributed by atoms with Gasteiger partial charge in [0, 0.05) is 35.5 Å². The number of amides is 1. The third kappa shape index (κ3) is 3.97. The predicted octanol–water partition coefficient (Wildman–Crippen LogP) is 2.84. The van der Waals surface area contributed by atoms with Crippen LogP contribution in [0.1, 0.15) is 28.7 Å². The lowest BCUT2D eigenvalue weighted by molar-refractivity contribution is -0.110. The van der Waals surface area contributed by atoms with Crippen molar-refractivity contribution in [3.63, 3.8) is 0 Å². The Labute approximate surface area is 180 Å². The summed E-state index contributed by atoms with van der Waals surface area (Å²) in [4.78, 5) is 14.7. The first-order valence-corrected chi connectivity index (χ1v) is 12.2. The van der Waals surface area contributed by atoms with Crippen LogP contribution in [0.3, 0.4) is 0 Å². The fourth-order valence-electron chi connectivity index (χ4n) is 4.42. The van der Waals surface area contributed by atoms with Crippen LogP contribution in [0.5, 0.6) is 0 Å². The van der Waals surface area contributed by atoms with E-state index in [-0.39, 0.29) is 17.4 Å². The molecule has 1 fully saturated rings. The number of hydrogen-bond donors (Lipinski definition) is 1. The van der Waals surface area contributed by atoms with Crippen LogP contribution >= 0.6 is 0 Å². The van der Waals surface area contributed by atoms with Gasteiger partial charge in [0.05, 0.1) is 17.1 Å². The molecule has 2 aromatic carbocycles. The van der Waals surface area contributed by atoms with E-state index in [1.807, 2.05) is 12.1 Å². The first kappa shape index (κ1) is 20.2. The number of nitrogens with zero attached hydrogens (tertiary/aromatic N) is 1. The lowest BCUT2D eigenvalue weighted by atomic mass is 9.98. The van der Waals surface area contributed by atoms with Crippen LogP contribution in [-0.4, -0.2) is 50.4 Å². The average Bonchev–Trinajstić information content (AvgIpc) is 3.28. The van der Waals surface area contributed by atoms with Gasteiger partial charge in [0.2, 0.25) is 0 Å². The van der Waals surface area contributed by atoms with Gasteiger partial charge in [0.15, 0.2) is 9.84 Å². The van der Waals surface area contributed by atoms with E-state index in [2.05, 4.69) is 16.3 Å². The van der Waals surface area contributed by atoms with E-state index in [1.54, 1.807) is 6.07 Å². The Morgan fingerprint density at radius 2 is 1.87 bits per heavy atom. The monoisotopic (exact) mass is 442 g/mol. The minimum absolute atomic E-state index is 0.251. The highest BCUT2D eigenvalue weighted by Gasteiger charge is 2.32. The Balaban J connectivity index is 1.30. The molecule has 0 unspecified atom stereocenters. The number of anilines is 1. The van der Waals surface area contributed by atoms with Crippen molar-refractivity contribution in [1.82, 2.24) is 4.90 Å². The van der Waals surface area contributed by atoms with Crippen LogP contribution in [0.15, 0.2) is 36.4 Å². The number of sulfone groups is 1. The van der Waals surface area contributed by atoms with Gasteiger partial charge >= 0.3 is 0 Å². The van der Waals surface area contributed by atoms with Gasteiger partial charge in [-0.05, 0) is 43.1 Å². The van der Waals surface area contributed by atoms with E-state index in [1.165, 1.54) is 17.7 Å². The van der Waals surface area contributed by atoms with Crippen molar-refractivity contribution < 1.29 is 22.3 Å². The molecular weight excluding hydrogens is 419 g/mol. The van der Waals surface area contributed by atoms with E-state index in [9.17, 15) is 17.6 Å². The van der Waals surface area contributed by atoms with E-state index >= 15 is 0 Å². The molecule has 6 nitrogen and oxygen atoms in total. The Kier molecular flexibility index (Phi) is 5.06. The minimum atomic E-state index is -2.85. The summed E-state index contributed by atoms with van der Waals surface area (Å²) in [5.41, 5.74) is 4.56. The van der Waals surface area contributed by atoms with Gasteiger partial charge in [0.25, 0.3) is 5.91 Å². The van der Waals surface area contributed by atoms with Crippen LogP contribution in [0.2, 0.25) is 0 Å². The first-order chi connectivity index (χ1) is 14.9. The summed E-state index contributed by atoms with van der Waals surface area (Å²) in [5.74, 6) is 0.324. The second-order valence-corrected chi connectivity index (χ2v) is 10.5. The highest BCUT2D eigenvalue weighted by molar-refractivity contribution is 7.91. The molecule has 0 atom stereocenters. The fourth-order valence-corrected chi connectivity index (χ4v) is 5.70. The number of benzene rings is 2. The second kappa shape index (κ2) is 7.76. The van der Waals surface area contributed by atoms with Crippen molar-refractivity contribution in [2.75, 3.05) is 36.5 Å². The molecule has 0 aromatic heterocycles. The molecule has 0 radical (unpaired) electrons. The third-order valence-corrected chi connectivity index (χ3v) is 7.73. The average molecular weight is 443 g/mol. The number of rotatable bonds is 4. The smallest absolute Gasteiger partial charge is 0.260 e. The largest absolute Gasteiger partial charge is 0.487 e. The lowest BCUT2D eigenvalue weighted by Gasteiger charge is -2.26. The quantitative estimate of drug-likeness (QED) is 0.737. The second-order valence-electron chi connectivity index (χ2n) is 8.23. The van der Waals surface area contributed by atoms with Crippen LogP contribution in [0.25, 0.3) is 11.3 Å². The van der Waals surface area contributed by atoms with Gasteiger partial charge < -0.3 is 15.0 Å². The zero-order valence-electron chi connectivity index (χ0n) is 17.0. The van der Waals surface area contributed by atoms with E-state index in [0.717, 1.165) is 30.5 Å². The molecule has 0 aliphatic carbocycles. The standard InChI is InChI=1S/C23H23FN2O4S/c24-17-4-6-20-19(13-17)21(23(27)25-20)22-18-5-3-15(12-16(18)14-30-22)2-1-7-26-8-10-31(28,29)11-9-26/h3-6,12-13H,1-2,7-11,14H2,(H,25,27). The minimum Gasteiger partial charge on any atom is -0.487 e. The van der Waals surface area contributed by atoms with Crippen LogP contribution in [0.4, 0.5) is 10.1 Å². The first-order valence-electron chi connectivity index (χ1n) is 10.4. The van der Waals surface area contributed by atoms with Crippen LogP contribution < -0.4 is 5.32 Å². The molecule has 0 bridgehead atoms. The summed E-state index contributed by atoms with van der Waals surface area (Å²) >= 11 is 0. The molecule has 0 spiro atoms. The van der Waals surface area contributed by atoms with Crippen molar-refractivity contribution in [3.8, 4) is 0 Å². The van der Waals surface area contributed by atoms with E-state index < -0.39 is 15.7 Å². The summed E-state index contributed by atoms with van der Waals surface area (Å²) in [5, 5.41) is 2.77. The van der Waals surface area contributed by atoms with Crippen molar-refractivity contribution in [3.05, 3.63) is 64.5 Å². The predicted molar refractivity (Wildman–Crippen MR) is 116 cm³/mol. The number of fused-ring (bicyclic) bond motifs is 2. The molecule has 2 aromatic rings. The van der Waals surface area contributed by atoms with Gasteiger partial charge in [-0.2, -0.15) is 0 Å². The SMILES string of the molecule is O=C1Nc2ccc(F)cc2C1=C1OCc2cc(CCCN3CCS(=O)(=O)CC3)ccc21. The molecule has 3 heterocycles. The van der Waals surface area contributed by atoms with E-state index in [4.69, 9.17) is 4.74 Å². The summed E-state index contributed by atoms with van der Waals surface area (Å²) in [6, 6.07) is 10.4. The van der Waals surface area contributed by atoms with Gasteiger partial charge in [-0.15, -0.1) is 0 Å². The highest BCUT2D eigenvalue weighted by Crippen LogP contribution is 2.42. The molecule has 1 amide bonds. The van der Waals surface area contributed by atoms with Crippen LogP contribution in [-0.2, 0) is 32.4 Å². The Bertz CT molecular complexity index is 1190. The Hall–Kier alpha value is -2.71. The molecule has 0 saturated carbocycles. The maximum atomic E-state index is 13.8. The molecule has 1 saturated heterocycles.